The van der Waals surface area contributed by atoms with Gasteiger partial charge in [-0.2, -0.15) is 0 Å². The number of rotatable bonds is 5. The number of aliphatic carboxylic acids is 1. The summed E-state index contributed by atoms with van der Waals surface area (Å²) < 4.78 is 5.54. The molecule has 0 bridgehead atoms. The predicted molar refractivity (Wildman–Crippen MR) is 71.1 cm³/mol. The van der Waals surface area contributed by atoms with Crippen molar-refractivity contribution in [2.75, 3.05) is 26.2 Å². The fourth-order valence-electron chi connectivity index (χ4n) is 2.11. The van der Waals surface area contributed by atoms with Crippen molar-refractivity contribution >= 4 is 12.0 Å². The molecule has 1 unspecified atom stereocenters. The molecule has 1 saturated heterocycles. The number of urea groups is 1. The lowest BCUT2D eigenvalue weighted by Gasteiger charge is -2.37. The zero-order valence-corrected chi connectivity index (χ0v) is 12.0. The van der Waals surface area contributed by atoms with E-state index in [1.165, 1.54) is 0 Å². The maximum Gasteiger partial charge on any atom is 0.320 e. The van der Waals surface area contributed by atoms with Crippen LogP contribution in [0.2, 0.25) is 0 Å². The first kappa shape index (κ1) is 15.8. The van der Waals surface area contributed by atoms with Crippen LogP contribution >= 0.6 is 0 Å². The van der Waals surface area contributed by atoms with Gasteiger partial charge in [0.25, 0.3) is 0 Å². The molecule has 1 aliphatic rings. The van der Waals surface area contributed by atoms with Gasteiger partial charge >= 0.3 is 12.0 Å². The first-order valence-corrected chi connectivity index (χ1v) is 6.84. The molecule has 0 spiro atoms. The van der Waals surface area contributed by atoms with Crippen LogP contribution in [0.1, 0.15) is 33.6 Å². The Balaban J connectivity index is 2.62. The van der Waals surface area contributed by atoms with Crippen LogP contribution in [0.4, 0.5) is 4.79 Å². The number of nitrogens with zero attached hydrogens (tertiary/aromatic N) is 2. The third-order valence-electron chi connectivity index (χ3n) is 3.30. The molecule has 0 saturated carbocycles. The SMILES string of the molecule is CCC1CN(C(=O)N(CCC(=O)O)C(C)C)CCO1. The molecule has 0 aliphatic carbocycles. The molecule has 19 heavy (non-hydrogen) atoms. The van der Waals surface area contributed by atoms with Crippen LogP contribution < -0.4 is 0 Å². The molecule has 0 aromatic carbocycles. The lowest BCUT2D eigenvalue weighted by atomic mass is 10.2. The van der Waals surface area contributed by atoms with Gasteiger partial charge in [0, 0.05) is 25.7 Å². The van der Waals surface area contributed by atoms with Gasteiger partial charge < -0.3 is 19.6 Å². The summed E-state index contributed by atoms with van der Waals surface area (Å²) in [5.41, 5.74) is 0. The number of carboxylic acid groups (broad SMARTS) is 1. The topological polar surface area (TPSA) is 70.1 Å². The van der Waals surface area contributed by atoms with Crippen LogP contribution in [0.25, 0.3) is 0 Å². The number of amides is 2. The normalized spacial score (nSPS) is 19.6. The zero-order valence-electron chi connectivity index (χ0n) is 12.0. The Bertz CT molecular complexity index is 320. The van der Waals surface area contributed by atoms with Gasteiger partial charge in [-0.15, -0.1) is 0 Å². The van der Waals surface area contributed by atoms with Gasteiger partial charge in [0.2, 0.25) is 0 Å². The highest BCUT2D eigenvalue weighted by molar-refractivity contribution is 5.76. The van der Waals surface area contributed by atoms with Gasteiger partial charge in [0.1, 0.15) is 0 Å². The van der Waals surface area contributed by atoms with Gasteiger partial charge in [-0.05, 0) is 20.3 Å². The maximum atomic E-state index is 12.4. The molecular formula is C13H24N2O4. The van der Waals surface area contributed by atoms with Crippen LogP contribution in [-0.2, 0) is 9.53 Å². The molecule has 110 valence electrons. The Morgan fingerprint density at radius 3 is 2.68 bits per heavy atom. The lowest BCUT2D eigenvalue weighted by Crippen LogP contribution is -2.53. The number of ether oxygens (including phenoxy) is 1. The van der Waals surface area contributed by atoms with E-state index >= 15 is 0 Å². The lowest BCUT2D eigenvalue weighted by molar-refractivity contribution is -0.137. The van der Waals surface area contributed by atoms with Crippen LogP contribution in [0, 0.1) is 0 Å². The van der Waals surface area contributed by atoms with E-state index in [0.29, 0.717) is 19.7 Å². The standard InChI is InChI=1S/C13H24N2O4/c1-4-11-9-14(7-8-19-11)13(18)15(10(2)3)6-5-12(16)17/h10-11H,4-9H2,1-3H3,(H,16,17). The number of morpholine rings is 1. The molecule has 1 atom stereocenters. The molecule has 1 aliphatic heterocycles. The minimum absolute atomic E-state index is 0.00484. The number of hydrogen-bond acceptors (Lipinski definition) is 3. The number of carboxylic acids is 1. The van der Waals surface area contributed by atoms with Crippen LogP contribution in [-0.4, -0.2) is 65.3 Å². The summed E-state index contributed by atoms with van der Waals surface area (Å²) in [5, 5.41) is 8.74. The van der Waals surface area contributed by atoms with Gasteiger partial charge in [0.05, 0.1) is 19.1 Å². The van der Waals surface area contributed by atoms with Crippen molar-refractivity contribution < 1.29 is 19.4 Å². The molecule has 1 N–H and O–H groups in total. The highest BCUT2D eigenvalue weighted by Gasteiger charge is 2.28. The van der Waals surface area contributed by atoms with E-state index < -0.39 is 5.97 Å². The van der Waals surface area contributed by atoms with Gasteiger partial charge in [-0.3, -0.25) is 4.79 Å². The van der Waals surface area contributed by atoms with E-state index in [2.05, 4.69) is 0 Å². The van der Waals surface area contributed by atoms with Crippen molar-refractivity contribution in [2.45, 2.75) is 45.8 Å². The largest absolute Gasteiger partial charge is 0.481 e. The average molecular weight is 272 g/mol. The Hall–Kier alpha value is -1.30. The Morgan fingerprint density at radius 1 is 1.47 bits per heavy atom. The summed E-state index contributed by atoms with van der Waals surface area (Å²) >= 11 is 0. The molecule has 2 amide bonds. The second-order valence-electron chi connectivity index (χ2n) is 5.06. The Labute approximate surface area is 114 Å². The van der Waals surface area contributed by atoms with E-state index in [4.69, 9.17) is 9.84 Å². The number of carbonyl (C=O) groups is 2. The van der Waals surface area contributed by atoms with Gasteiger partial charge in [-0.1, -0.05) is 6.92 Å². The van der Waals surface area contributed by atoms with Crippen molar-refractivity contribution in [3.63, 3.8) is 0 Å². The van der Waals surface area contributed by atoms with Crippen LogP contribution in [0.3, 0.4) is 0 Å². The van der Waals surface area contributed by atoms with Gasteiger partial charge in [0.15, 0.2) is 0 Å². The smallest absolute Gasteiger partial charge is 0.320 e. The first-order valence-electron chi connectivity index (χ1n) is 6.84. The second kappa shape index (κ2) is 7.33. The molecule has 0 aromatic heterocycles. The number of carbonyl (C=O) groups excluding carboxylic acids is 1. The molecular weight excluding hydrogens is 248 g/mol. The highest BCUT2D eigenvalue weighted by atomic mass is 16.5. The molecule has 1 heterocycles. The zero-order chi connectivity index (χ0) is 14.4. The molecule has 0 aromatic rings. The van der Waals surface area contributed by atoms with Crippen LogP contribution in [0.5, 0.6) is 0 Å². The van der Waals surface area contributed by atoms with Gasteiger partial charge in [-0.25, -0.2) is 4.79 Å². The fourth-order valence-corrected chi connectivity index (χ4v) is 2.11. The predicted octanol–water partition coefficient (Wildman–Crippen LogP) is 1.40. The van der Waals surface area contributed by atoms with Crippen molar-refractivity contribution in [1.29, 1.82) is 0 Å². The summed E-state index contributed by atoms with van der Waals surface area (Å²) in [6.45, 7) is 7.80. The molecule has 6 nitrogen and oxygen atoms in total. The van der Waals surface area contributed by atoms with Crippen LogP contribution in [0.15, 0.2) is 0 Å². The van der Waals surface area contributed by atoms with E-state index in [0.717, 1.165) is 6.42 Å². The minimum atomic E-state index is -0.883. The second-order valence-corrected chi connectivity index (χ2v) is 5.06. The minimum Gasteiger partial charge on any atom is -0.481 e. The van der Waals surface area contributed by atoms with Crippen molar-refractivity contribution in [3.8, 4) is 0 Å². The monoisotopic (exact) mass is 272 g/mol. The summed E-state index contributed by atoms with van der Waals surface area (Å²) in [7, 11) is 0. The highest BCUT2D eigenvalue weighted by Crippen LogP contribution is 2.12. The van der Waals surface area contributed by atoms with E-state index in [1.807, 2.05) is 20.8 Å². The van der Waals surface area contributed by atoms with E-state index in [-0.39, 0.29) is 31.1 Å². The quantitative estimate of drug-likeness (QED) is 0.821. The average Bonchev–Trinajstić information content (AvgIpc) is 2.38. The third kappa shape index (κ3) is 4.70. The Morgan fingerprint density at radius 2 is 2.16 bits per heavy atom. The summed E-state index contributed by atoms with van der Waals surface area (Å²) in [6, 6.07) is -0.0900. The summed E-state index contributed by atoms with van der Waals surface area (Å²) in [4.78, 5) is 26.4. The summed E-state index contributed by atoms with van der Waals surface area (Å²) in [5.74, 6) is -0.883. The van der Waals surface area contributed by atoms with Crippen molar-refractivity contribution in [1.82, 2.24) is 9.80 Å². The van der Waals surface area contributed by atoms with Crippen molar-refractivity contribution in [3.05, 3.63) is 0 Å². The van der Waals surface area contributed by atoms with E-state index in [1.54, 1.807) is 9.80 Å². The molecule has 0 radical (unpaired) electrons. The number of hydrogen-bond donors (Lipinski definition) is 1. The third-order valence-corrected chi connectivity index (χ3v) is 3.30. The fraction of sp³-hybridized carbons (Fsp3) is 0.846. The molecule has 6 heteroatoms. The Kier molecular flexibility index (Phi) is 6.08. The molecule has 1 fully saturated rings. The van der Waals surface area contributed by atoms with E-state index in [9.17, 15) is 9.59 Å². The maximum absolute atomic E-state index is 12.4. The molecule has 1 rings (SSSR count). The summed E-state index contributed by atoms with van der Waals surface area (Å²) in [6.07, 6.45) is 0.942. The van der Waals surface area contributed by atoms with Crippen molar-refractivity contribution in [2.24, 2.45) is 0 Å². The first-order chi connectivity index (χ1) is 8.95.